The SMILES string of the molecule is Cc1cc(COC(=O)[C@H](c2ccccc2)N2CCSCC2)on1. The van der Waals surface area contributed by atoms with Gasteiger partial charge in [-0.1, -0.05) is 35.5 Å². The fourth-order valence-corrected chi connectivity index (χ4v) is 3.60. The second-order valence-electron chi connectivity index (χ2n) is 5.50. The van der Waals surface area contributed by atoms with Crippen LogP contribution >= 0.6 is 11.8 Å². The first-order chi connectivity index (χ1) is 11.2. The molecule has 1 aliphatic rings. The molecule has 1 aromatic heterocycles. The van der Waals surface area contributed by atoms with Gasteiger partial charge >= 0.3 is 5.97 Å². The molecule has 0 spiro atoms. The maximum Gasteiger partial charge on any atom is 0.328 e. The molecule has 0 saturated carbocycles. The summed E-state index contributed by atoms with van der Waals surface area (Å²) in [5, 5.41) is 3.81. The average Bonchev–Trinajstić information content (AvgIpc) is 3.01. The fraction of sp³-hybridized carbons (Fsp3) is 0.412. The summed E-state index contributed by atoms with van der Waals surface area (Å²) in [6, 6.07) is 11.2. The van der Waals surface area contributed by atoms with Crippen molar-refractivity contribution in [2.75, 3.05) is 24.6 Å². The van der Waals surface area contributed by atoms with Crippen LogP contribution in [0.3, 0.4) is 0 Å². The third-order valence-electron chi connectivity index (χ3n) is 3.78. The van der Waals surface area contributed by atoms with Crippen molar-refractivity contribution < 1.29 is 14.1 Å². The van der Waals surface area contributed by atoms with Gasteiger partial charge in [-0.2, -0.15) is 11.8 Å². The van der Waals surface area contributed by atoms with Crippen molar-refractivity contribution in [2.24, 2.45) is 0 Å². The molecule has 1 saturated heterocycles. The van der Waals surface area contributed by atoms with Crippen LogP contribution in [0.5, 0.6) is 0 Å². The molecule has 0 radical (unpaired) electrons. The van der Waals surface area contributed by atoms with Crippen molar-refractivity contribution in [1.82, 2.24) is 10.1 Å². The van der Waals surface area contributed by atoms with Crippen LogP contribution in [-0.2, 0) is 16.1 Å². The largest absolute Gasteiger partial charge is 0.456 e. The smallest absolute Gasteiger partial charge is 0.328 e. The van der Waals surface area contributed by atoms with Gasteiger partial charge in [0.1, 0.15) is 6.04 Å². The van der Waals surface area contributed by atoms with E-state index in [1.807, 2.05) is 49.0 Å². The van der Waals surface area contributed by atoms with Gasteiger partial charge in [-0.05, 0) is 12.5 Å². The van der Waals surface area contributed by atoms with Crippen molar-refractivity contribution in [3.8, 4) is 0 Å². The Hall–Kier alpha value is -1.79. The molecule has 0 N–H and O–H groups in total. The van der Waals surface area contributed by atoms with Crippen molar-refractivity contribution in [2.45, 2.75) is 19.6 Å². The summed E-state index contributed by atoms with van der Waals surface area (Å²) in [4.78, 5) is 14.9. The normalized spacial score (nSPS) is 16.9. The first-order valence-corrected chi connectivity index (χ1v) is 8.85. The highest BCUT2D eigenvalue weighted by atomic mass is 32.2. The number of esters is 1. The zero-order valence-electron chi connectivity index (χ0n) is 13.1. The third-order valence-corrected chi connectivity index (χ3v) is 4.73. The van der Waals surface area contributed by atoms with E-state index in [4.69, 9.17) is 9.26 Å². The minimum absolute atomic E-state index is 0.117. The number of ether oxygens (including phenoxy) is 1. The summed E-state index contributed by atoms with van der Waals surface area (Å²) in [6.45, 7) is 3.74. The Morgan fingerprint density at radius 1 is 1.35 bits per heavy atom. The standard InChI is InChI=1S/C17H20N2O3S/c1-13-11-15(22-18-13)12-21-17(20)16(14-5-3-2-4-6-14)19-7-9-23-10-8-19/h2-6,11,16H,7-10,12H2,1H3/t16-/m0/s1. The van der Waals surface area contributed by atoms with Gasteiger partial charge in [-0.25, -0.2) is 4.79 Å². The Bertz CT molecular complexity index is 638. The number of hydrogen-bond acceptors (Lipinski definition) is 6. The van der Waals surface area contributed by atoms with Gasteiger partial charge in [0, 0.05) is 30.7 Å². The van der Waals surface area contributed by atoms with Crippen LogP contribution < -0.4 is 0 Å². The predicted molar refractivity (Wildman–Crippen MR) is 89.1 cm³/mol. The highest BCUT2D eigenvalue weighted by Crippen LogP contribution is 2.26. The number of carbonyl (C=O) groups is 1. The number of carbonyl (C=O) groups excluding carboxylic acids is 1. The van der Waals surface area contributed by atoms with Crippen LogP contribution in [0.15, 0.2) is 40.9 Å². The molecule has 0 aliphatic carbocycles. The van der Waals surface area contributed by atoms with Gasteiger partial charge in [-0.3, -0.25) is 4.90 Å². The molecule has 6 heteroatoms. The zero-order valence-corrected chi connectivity index (χ0v) is 13.9. The zero-order chi connectivity index (χ0) is 16.1. The second-order valence-corrected chi connectivity index (χ2v) is 6.73. The minimum atomic E-state index is -0.360. The van der Waals surface area contributed by atoms with Crippen molar-refractivity contribution in [3.63, 3.8) is 0 Å². The Kier molecular flexibility index (Phi) is 5.35. The predicted octanol–water partition coefficient (Wildman–Crippen LogP) is 2.82. The summed E-state index contributed by atoms with van der Waals surface area (Å²) < 4.78 is 10.6. The lowest BCUT2D eigenvalue weighted by Crippen LogP contribution is -2.40. The molecule has 2 aromatic rings. The second kappa shape index (κ2) is 7.66. The quantitative estimate of drug-likeness (QED) is 0.785. The van der Waals surface area contributed by atoms with Gasteiger partial charge < -0.3 is 9.26 Å². The van der Waals surface area contributed by atoms with E-state index >= 15 is 0 Å². The topological polar surface area (TPSA) is 55.6 Å². The summed E-state index contributed by atoms with van der Waals surface area (Å²) >= 11 is 1.92. The molecule has 0 bridgehead atoms. The molecule has 0 unspecified atom stereocenters. The Labute approximate surface area is 140 Å². The Morgan fingerprint density at radius 2 is 2.09 bits per heavy atom. The van der Waals surface area contributed by atoms with E-state index in [0.29, 0.717) is 5.76 Å². The number of aryl methyl sites for hydroxylation is 1. The van der Waals surface area contributed by atoms with Crippen molar-refractivity contribution in [1.29, 1.82) is 0 Å². The molecule has 1 aromatic carbocycles. The Morgan fingerprint density at radius 3 is 2.74 bits per heavy atom. The number of benzene rings is 1. The van der Waals surface area contributed by atoms with E-state index in [1.54, 1.807) is 6.07 Å². The molecule has 3 rings (SSSR count). The van der Waals surface area contributed by atoms with Crippen LogP contribution in [0.25, 0.3) is 0 Å². The molecule has 23 heavy (non-hydrogen) atoms. The van der Waals surface area contributed by atoms with E-state index in [0.717, 1.165) is 35.9 Å². The van der Waals surface area contributed by atoms with Crippen molar-refractivity contribution >= 4 is 17.7 Å². The number of aromatic nitrogens is 1. The minimum Gasteiger partial charge on any atom is -0.456 e. The van der Waals surface area contributed by atoms with E-state index in [-0.39, 0.29) is 18.6 Å². The number of thioether (sulfide) groups is 1. The summed E-state index contributed by atoms with van der Waals surface area (Å²) in [5.41, 5.74) is 1.75. The lowest BCUT2D eigenvalue weighted by molar-refractivity contribution is -0.152. The lowest BCUT2D eigenvalue weighted by atomic mass is 10.1. The molecule has 2 heterocycles. The molecular weight excluding hydrogens is 312 g/mol. The highest BCUT2D eigenvalue weighted by molar-refractivity contribution is 7.99. The molecule has 5 nitrogen and oxygen atoms in total. The number of hydrogen-bond donors (Lipinski definition) is 0. The van der Waals surface area contributed by atoms with Crippen LogP contribution in [0.2, 0.25) is 0 Å². The maximum absolute atomic E-state index is 12.7. The molecular formula is C17H20N2O3S. The first-order valence-electron chi connectivity index (χ1n) is 7.69. The maximum atomic E-state index is 12.7. The van der Waals surface area contributed by atoms with Crippen molar-refractivity contribution in [3.05, 3.63) is 53.4 Å². The fourth-order valence-electron chi connectivity index (χ4n) is 2.67. The third kappa shape index (κ3) is 4.14. The number of rotatable bonds is 5. The Balaban J connectivity index is 1.72. The van der Waals surface area contributed by atoms with Crippen LogP contribution in [0.1, 0.15) is 23.1 Å². The molecule has 122 valence electrons. The van der Waals surface area contributed by atoms with Crippen LogP contribution in [-0.4, -0.2) is 40.6 Å². The van der Waals surface area contributed by atoms with E-state index in [9.17, 15) is 4.79 Å². The van der Waals surface area contributed by atoms with Crippen LogP contribution in [0.4, 0.5) is 0 Å². The highest BCUT2D eigenvalue weighted by Gasteiger charge is 2.30. The summed E-state index contributed by atoms with van der Waals surface area (Å²) in [5.74, 6) is 2.41. The van der Waals surface area contributed by atoms with E-state index in [1.165, 1.54) is 0 Å². The van der Waals surface area contributed by atoms with E-state index in [2.05, 4.69) is 10.1 Å². The molecule has 1 atom stereocenters. The lowest BCUT2D eigenvalue weighted by Gasteiger charge is -2.32. The van der Waals surface area contributed by atoms with Gasteiger partial charge in [0.05, 0.1) is 5.69 Å². The molecule has 0 amide bonds. The molecule has 1 aliphatic heterocycles. The average molecular weight is 332 g/mol. The summed E-state index contributed by atoms with van der Waals surface area (Å²) in [6.07, 6.45) is 0. The van der Waals surface area contributed by atoms with Gasteiger partial charge in [0.15, 0.2) is 12.4 Å². The van der Waals surface area contributed by atoms with Gasteiger partial charge in [0.2, 0.25) is 0 Å². The first kappa shape index (κ1) is 16.1. The van der Waals surface area contributed by atoms with Crippen LogP contribution in [0, 0.1) is 6.92 Å². The summed E-state index contributed by atoms with van der Waals surface area (Å²) in [7, 11) is 0. The number of nitrogens with zero attached hydrogens (tertiary/aromatic N) is 2. The van der Waals surface area contributed by atoms with E-state index < -0.39 is 0 Å². The molecule has 1 fully saturated rings. The van der Waals surface area contributed by atoms with Gasteiger partial charge in [0.25, 0.3) is 0 Å². The van der Waals surface area contributed by atoms with Gasteiger partial charge in [-0.15, -0.1) is 0 Å². The monoisotopic (exact) mass is 332 g/mol.